The highest BCUT2D eigenvalue weighted by Gasteiger charge is 2.35. The van der Waals surface area contributed by atoms with Crippen molar-refractivity contribution in [3.63, 3.8) is 0 Å². The number of fused-ring (bicyclic) bond motifs is 1. The third-order valence-corrected chi connectivity index (χ3v) is 6.87. The fourth-order valence-corrected chi connectivity index (χ4v) is 4.48. The van der Waals surface area contributed by atoms with E-state index in [4.69, 9.17) is 17.4 Å². The van der Waals surface area contributed by atoms with Crippen LogP contribution in [0.4, 0.5) is 11.4 Å². The van der Waals surface area contributed by atoms with Crippen molar-refractivity contribution in [1.82, 2.24) is 5.43 Å². The van der Waals surface area contributed by atoms with Gasteiger partial charge in [-0.25, -0.2) is 13.6 Å². The molecule has 186 valence electrons. The number of amides is 1. The summed E-state index contributed by atoms with van der Waals surface area (Å²) in [6.45, 7) is 6.76. The summed E-state index contributed by atoms with van der Waals surface area (Å²) in [6, 6.07) is 21.6. The van der Waals surface area contributed by atoms with Gasteiger partial charge in [-0.2, -0.15) is 5.10 Å². The molecule has 0 saturated carbocycles. The molecule has 4 N–H and O–H groups in total. The maximum absolute atomic E-state index is 13.5. The molecule has 0 aliphatic carbocycles. The number of nitrogens with zero attached hydrogens (tertiary/aromatic N) is 2. The van der Waals surface area contributed by atoms with E-state index in [0.29, 0.717) is 12.2 Å². The number of rotatable bonds is 5. The Bertz CT molecular complexity index is 1450. The van der Waals surface area contributed by atoms with E-state index in [2.05, 4.69) is 36.6 Å². The first kappa shape index (κ1) is 25.5. The molecular formula is C26H27N5O3S2. The molecule has 1 aliphatic heterocycles. The molecule has 0 saturated heterocycles. The second-order valence-corrected chi connectivity index (χ2v) is 11.4. The summed E-state index contributed by atoms with van der Waals surface area (Å²) in [4.78, 5) is 15.2. The summed E-state index contributed by atoms with van der Waals surface area (Å²) in [6.07, 6.45) is 0. The molecule has 3 aromatic carbocycles. The summed E-state index contributed by atoms with van der Waals surface area (Å²) in [5, 5.41) is 12.6. The van der Waals surface area contributed by atoms with Crippen LogP contribution in [0, 0.1) is 0 Å². The zero-order valence-corrected chi connectivity index (χ0v) is 21.8. The predicted octanol–water partition coefficient (Wildman–Crippen LogP) is 3.87. The van der Waals surface area contributed by atoms with Gasteiger partial charge in [-0.05, 0) is 65.2 Å². The van der Waals surface area contributed by atoms with Gasteiger partial charge in [0, 0.05) is 11.3 Å². The number of anilines is 2. The summed E-state index contributed by atoms with van der Waals surface area (Å²) < 4.78 is 22.9. The Morgan fingerprint density at radius 1 is 1.03 bits per heavy atom. The van der Waals surface area contributed by atoms with Gasteiger partial charge in [0.2, 0.25) is 10.0 Å². The second-order valence-electron chi connectivity index (χ2n) is 9.45. The maximum atomic E-state index is 13.5. The van der Waals surface area contributed by atoms with Gasteiger partial charge in [-0.3, -0.25) is 10.2 Å². The quantitative estimate of drug-likeness (QED) is 0.347. The van der Waals surface area contributed by atoms with Crippen LogP contribution < -0.4 is 20.8 Å². The van der Waals surface area contributed by atoms with Gasteiger partial charge in [-0.15, -0.1) is 0 Å². The minimum absolute atomic E-state index is 0.00603. The molecule has 36 heavy (non-hydrogen) atoms. The van der Waals surface area contributed by atoms with Crippen LogP contribution in [0.1, 0.15) is 37.5 Å². The van der Waals surface area contributed by atoms with Crippen LogP contribution in [-0.2, 0) is 26.8 Å². The van der Waals surface area contributed by atoms with E-state index in [0.717, 1.165) is 22.4 Å². The van der Waals surface area contributed by atoms with Gasteiger partial charge in [0.1, 0.15) is 0 Å². The molecule has 4 rings (SSSR count). The van der Waals surface area contributed by atoms with Gasteiger partial charge in [0.25, 0.3) is 5.91 Å². The molecule has 0 radical (unpaired) electrons. The van der Waals surface area contributed by atoms with Gasteiger partial charge in [-0.1, -0.05) is 57.2 Å². The van der Waals surface area contributed by atoms with Gasteiger partial charge in [0.05, 0.1) is 17.1 Å². The minimum Gasteiger partial charge on any atom is -0.331 e. The lowest BCUT2D eigenvalue weighted by molar-refractivity contribution is -0.112. The van der Waals surface area contributed by atoms with Crippen LogP contribution in [0.25, 0.3) is 0 Å². The molecule has 1 heterocycles. The Kier molecular flexibility index (Phi) is 6.94. The second kappa shape index (κ2) is 9.81. The number of benzene rings is 3. The monoisotopic (exact) mass is 521 g/mol. The number of nitrogens with two attached hydrogens (primary N) is 1. The SMILES string of the molecule is CC(C)(C)c1ccc2c(c1)C(=NNC(=S)Nc1ccc(S(N)(=O)=O)cc1)C(=O)N2Cc1ccccc1. The van der Waals surface area contributed by atoms with E-state index in [9.17, 15) is 13.2 Å². The molecule has 0 unspecified atom stereocenters. The Labute approximate surface area is 216 Å². The number of hydrogen-bond acceptors (Lipinski definition) is 5. The van der Waals surface area contributed by atoms with E-state index in [1.54, 1.807) is 4.90 Å². The predicted molar refractivity (Wildman–Crippen MR) is 146 cm³/mol. The standard InChI is InChI=1S/C26H27N5O3S2/c1-26(2,3)18-9-14-22-21(15-18)23(24(32)31(22)16-17-7-5-4-6-8-17)29-30-25(35)28-19-10-12-20(13-11-19)36(27,33)34/h4-15H,16H2,1-3H3,(H2,27,33,34)(H2,28,30,35). The van der Waals surface area contributed by atoms with E-state index in [1.165, 1.54) is 24.3 Å². The Morgan fingerprint density at radius 2 is 1.69 bits per heavy atom. The topological polar surface area (TPSA) is 117 Å². The number of primary sulfonamides is 1. The van der Waals surface area contributed by atoms with Crippen LogP contribution in [0.2, 0.25) is 0 Å². The van der Waals surface area contributed by atoms with Crippen molar-refractivity contribution in [3.8, 4) is 0 Å². The van der Waals surface area contributed by atoms with Crippen molar-refractivity contribution in [3.05, 3.63) is 89.5 Å². The summed E-state index contributed by atoms with van der Waals surface area (Å²) in [5.74, 6) is -0.229. The average molecular weight is 522 g/mol. The van der Waals surface area contributed by atoms with Crippen molar-refractivity contribution in [1.29, 1.82) is 0 Å². The summed E-state index contributed by atoms with van der Waals surface area (Å²) in [7, 11) is -3.79. The highest BCUT2D eigenvalue weighted by molar-refractivity contribution is 7.89. The minimum atomic E-state index is -3.79. The molecule has 1 amide bonds. The number of nitrogens with one attached hydrogen (secondary N) is 2. The van der Waals surface area contributed by atoms with E-state index < -0.39 is 10.0 Å². The molecule has 10 heteroatoms. The lowest BCUT2D eigenvalue weighted by atomic mass is 9.85. The van der Waals surface area contributed by atoms with E-state index >= 15 is 0 Å². The lowest BCUT2D eigenvalue weighted by Crippen LogP contribution is -2.32. The fourth-order valence-electron chi connectivity index (χ4n) is 3.80. The van der Waals surface area contributed by atoms with Crippen LogP contribution in [0.3, 0.4) is 0 Å². The first-order valence-electron chi connectivity index (χ1n) is 11.2. The number of thiocarbonyl (C=S) groups is 1. The van der Waals surface area contributed by atoms with Gasteiger partial charge >= 0.3 is 0 Å². The maximum Gasteiger partial charge on any atom is 0.279 e. The van der Waals surface area contributed by atoms with E-state index in [-0.39, 0.29) is 27.0 Å². The Morgan fingerprint density at radius 3 is 2.31 bits per heavy atom. The van der Waals surface area contributed by atoms with E-state index in [1.807, 2.05) is 48.5 Å². The lowest BCUT2D eigenvalue weighted by Gasteiger charge is -2.21. The Balaban J connectivity index is 1.59. The average Bonchev–Trinajstić information content (AvgIpc) is 3.07. The molecule has 8 nitrogen and oxygen atoms in total. The van der Waals surface area contributed by atoms with Gasteiger partial charge in [0.15, 0.2) is 10.8 Å². The first-order chi connectivity index (χ1) is 16.9. The van der Waals surface area contributed by atoms with Crippen molar-refractivity contribution in [2.24, 2.45) is 10.2 Å². The zero-order chi connectivity index (χ0) is 26.1. The Hall–Kier alpha value is -3.60. The summed E-state index contributed by atoms with van der Waals surface area (Å²) in [5.41, 5.74) is 7.05. The molecule has 0 atom stereocenters. The van der Waals surface area contributed by atoms with Crippen molar-refractivity contribution < 1.29 is 13.2 Å². The van der Waals surface area contributed by atoms with Crippen LogP contribution in [0.5, 0.6) is 0 Å². The molecule has 0 bridgehead atoms. The third-order valence-electron chi connectivity index (χ3n) is 5.75. The van der Waals surface area contributed by atoms with Crippen molar-refractivity contribution >= 4 is 50.3 Å². The molecule has 0 aromatic heterocycles. The smallest absolute Gasteiger partial charge is 0.279 e. The van der Waals surface area contributed by atoms with Crippen LogP contribution >= 0.6 is 12.2 Å². The van der Waals surface area contributed by atoms with Crippen molar-refractivity contribution in [2.45, 2.75) is 37.6 Å². The number of hydrogen-bond donors (Lipinski definition) is 3. The normalized spacial score (nSPS) is 14.6. The largest absolute Gasteiger partial charge is 0.331 e. The third kappa shape index (κ3) is 5.62. The molecule has 1 aliphatic rings. The van der Waals surface area contributed by atoms with Gasteiger partial charge < -0.3 is 10.2 Å². The highest BCUT2D eigenvalue weighted by Crippen LogP contribution is 2.34. The number of sulfonamides is 1. The molecule has 3 aromatic rings. The highest BCUT2D eigenvalue weighted by atomic mass is 32.2. The number of carbonyl (C=O) groups is 1. The fraction of sp³-hybridized carbons (Fsp3) is 0.192. The van der Waals surface area contributed by atoms with Crippen LogP contribution in [0.15, 0.2) is 82.8 Å². The first-order valence-corrected chi connectivity index (χ1v) is 13.2. The number of hydrazone groups is 1. The molecular weight excluding hydrogens is 494 g/mol. The molecule has 0 fully saturated rings. The summed E-state index contributed by atoms with van der Waals surface area (Å²) >= 11 is 5.34. The molecule has 0 spiro atoms. The zero-order valence-electron chi connectivity index (χ0n) is 20.1. The van der Waals surface area contributed by atoms with Crippen LogP contribution in [-0.4, -0.2) is 25.1 Å². The number of carbonyl (C=O) groups excluding carboxylic acids is 1. The van der Waals surface area contributed by atoms with Crippen molar-refractivity contribution in [2.75, 3.05) is 10.2 Å².